The Balaban J connectivity index is 0.000000111. The Morgan fingerprint density at radius 1 is 0.382 bits per heavy atom. The molecule has 3 aliphatic carbocycles. The number of nitriles is 2. The van der Waals surface area contributed by atoms with Crippen LogP contribution in [0, 0.1) is 128 Å². The maximum atomic E-state index is 13.4. The summed E-state index contributed by atoms with van der Waals surface area (Å²) in [5.74, 6) is -0.922. The number of anilines is 5. The van der Waals surface area contributed by atoms with Crippen LogP contribution in [0.15, 0.2) is 212 Å². The fourth-order valence-electron chi connectivity index (χ4n) is 20.8. The summed E-state index contributed by atoms with van der Waals surface area (Å²) in [6, 6.07) is 33.6. The summed E-state index contributed by atoms with van der Waals surface area (Å²) in [7, 11) is 16.5. The van der Waals surface area contributed by atoms with Crippen molar-refractivity contribution in [3.8, 4) is 12.1 Å². The van der Waals surface area contributed by atoms with E-state index in [1.165, 1.54) is 61.6 Å². The minimum Gasteiger partial charge on any atom is -0.366 e. The van der Waals surface area contributed by atoms with Crippen molar-refractivity contribution in [2.45, 2.75) is 113 Å². The molecule has 8 aromatic heterocycles. The molecule has 4 amide bonds. The number of nitrogens with zero attached hydrogens (tertiary/aromatic N) is 13. The van der Waals surface area contributed by atoms with Gasteiger partial charge in [0.2, 0.25) is 11.6 Å². The predicted octanol–water partition coefficient (Wildman–Crippen LogP) is 21.9. The minimum atomic E-state index is -0.394. The molecule has 24 rings (SSSR count). The number of aromatic nitrogens is 2. The van der Waals surface area contributed by atoms with Crippen molar-refractivity contribution in [1.82, 2.24) is 18.9 Å². The number of thiophene rings is 6. The molecule has 4 aromatic carbocycles. The van der Waals surface area contributed by atoms with E-state index in [0.717, 1.165) is 169 Å². The first kappa shape index (κ1) is 98.2. The number of hydrogen-bond donors (Lipinski definition) is 0. The number of thioether (sulfide) groups is 2. The Hall–Kier alpha value is -14.6. The average Bonchev–Trinajstić information content (AvgIpc) is 1.53. The highest BCUT2D eigenvalue weighted by Gasteiger charge is 2.52. The monoisotopic (exact) mass is 2050 g/mol. The number of likely N-dealkylation sites (N-methyl/N-ethyl adjacent to an activating group) is 7. The van der Waals surface area contributed by atoms with Gasteiger partial charge in [-0.25, -0.2) is 20.2 Å². The van der Waals surface area contributed by atoms with E-state index < -0.39 is 10.5 Å². The molecule has 24 nitrogen and oxygen atoms in total. The third-order valence-electron chi connectivity index (χ3n) is 28.3. The summed E-state index contributed by atoms with van der Waals surface area (Å²) in [4.78, 5) is 172. The van der Waals surface area contributed by atoms with Crippen LogP contribution in [-0.2, 0) is 33.3 Å². The Labute approximate surface area is 860 Å². The van der Waals surface area contributed by atoms with E-state index in [2.05, 4.69) is 43.5 Å². The van der Waals surface area contributed by atoms with E-state index in [1.807, 2.05) is 242 Å². The van der Waals surface area contributed by atoms with Crippen LogP contribution >= 0.6 is 91.5 Å². The summed E-state index contributed by atoms with van der Waals surface area (Å²) < 4.78 is 5.90. The van der Waals surface area contributed by atoms with E-state index >= 15 is 0 Å². The number of Topliss-reactive ketones (excluding diaryl/α,β-unsaturated/α-hetero) is 3. The molecule has 9 aliphatic heterocycles. The zero-order chi connectivity index (χ0) is 103. The first-order valence-electron chi connectivity index (χ1n) is 45.9. The molecule has 32 heteroatoms. The van der Waals surface area contributed by atoms with Crippen molar-refractivity contribution in [2.75, 3.05) is 73.8 Å². The lowest BCUT2D eigenvalue weighted by atomic mass is 9.80. The molecule has 12 aromatic rings. The molecular formula is C112H93N13O11S8. The second kappa shape index (κ2) is 36.4. The van der Waals surface area contributed by atoms with E-state index in [9.17, 15) is 63.3 Å². The highest BCUT2D eigenvalue weighted by molar-refractivity contribution is 8.04. The summed E-state index contributed by atoms with van der Waals surface area (Å²) in [5.41, 5.74) is 20.9. The van der Waals surface area contributed by atoms with E-state index in [1.54, 1.807) is 97.2 Å². The van der Waals surface area contributed by atoms with Gasteiger partial charge in [-0.05, 0) is 198 Å². The summed E-state index contributed by atoms with van der Waals surface area (Å²) >= 11 is 11.9. The quantitative estimate of drug-likeness (QED) is 0.0673. The number of fused-ring (bicyclic) bond motifs is 15. The van der Waals surface area contributed by atoms with E-state index in [-0.39, 0.29) is 86.0 Å². The zero-order valence-corrected chi connectivity index (χ0v) is 89.5. The fourth-order valence-corrected chi connectivity index (χ4v) is 30.1. The Bertz CT molecular complexity index is 8840. The van der Waals surface area contributed by atoms with Gasteiger partial charge in [0.15, 0.2) is 27.5 Å². The topological polar surface area (TPSA) is 277 Å². The van der Waals surface area contributed by atoms with Crippen molar-refractivity contribution in [3.63, 3.8) is 0 Å². The van der Waals surface area contributed by atoms with Gasteiger partial charge in [0.1, 0.15) is 21.1 Å². The van der Waals surface area contributed by atoms with E-state index in [4.69, 9.17) is 13.1 Å². The van der Waals surface area contributed by atoms with Crippen LogP contribution in [0.5, 0.6) is 0 Å². The highest BCUT2D eigenvalue weighted by atomic mass is 32.2. The van der Waals surface area contributed by atoms with Gasteiger partial charge in [0.25, 0.3) is 35.0 Å². The summed E-state index contributed by atoms with van der Waals surface area (Å²) in [6.07, 6.45) is 9.94. The molecule has 0 radical (unpaired) electrons. The number of carbonyl (C=O) groups excluding carboxylic acids is 7. The molecule has 144 heavy (non-hydrogen) atoms. The second-order valence-corrected chi connectivity index (χ2v) is 47.2. The van der Waals surface area contributed by atoms with Gasteiger partial charge in [-0.1, -0.05) is 65.3 Å². The predicted molar refractivity (Wildman–Crippen MR) is 588 cm³/mol. The summed E-state index contributed by atoms with van der Waals surface area (Å²) in [6.45, 7) is 42.2. The Morgan fingerprint density at radius 2 is 0.757 bits per heavy atom. The van der Waals surface area contributed by atoms with Crippen LogP contribution < -0.4 is 46.2 Å². The van der Waals surface area contributed by atoms with Gasteiger partial charge >= 0.3 is 0 Å². The normalized spacial score (nSPS) is 19.7. The van der Waals surface area contributed by atoms with Gasteiger partial charge in [-0.3, -0.25) is 52.7 Å². The van der Waals surface area contributed by atoms with Gasteiger partial charge < -0.3 is 43.4 Å². The molecule has 4 unspecified atom stereocenters. The number of hydrogen-bond acceptors (Lipinski definition) is 24. The largest absolute Gasteiger partial charge is 0.366 e. The number of rotatable bonds is 2. The number of pyridine rings is 2. The lowest BCUT2D eigenvalue weighted by molar-refractivity contribution is -0.123. The summed E-state index contributed by atoms with van der Waals surface area (Å²) in [5, 5.41) is 23.6. The molecule has 0 saturated carbocycles. The first-order valence-corrected chi connectivity index (χ1v) is 52.6. The molecule has 0 spiro atoms. The van der Waals surface area contributed by atoms with Crippen molar-refractivity contribution < 1.29 is 33.6 Å². The molecule has 0 saturated heterocycles. The molecule has 12 aliphatic rings. The van der Waals surface area contributed by atoms with E-state index in [0.29, 0.717) is 81.7 Å². The number of amides is 4. The number of carbonyl (C=O) groups is 7. The lowest BCUT2D eigenvalue weighted by Crippen LogP contribution is -2.45. The van der Waals surface area contributed by atoms with Crippen molar-refractivity contribution >= 4 is 236 Å². The SMILES string of the molecule is CC1=CC2C(=O)c3cc4c(cc3N(C)C2C=C1)c(=O)c1cc(C)ccc1n4C.Cc1cc2c(s1)/C(=C1\C(=O)N(C)c3cc(C)sc31)C(=O)N2C.Cc1cc2c(s1)C(=O)/C(=C1/C(=O)c3sc(C)cc3N1C)N2C.Cc1ccc2c(c1)c(=O)c1ccc(C)cc1n2C.Cc1sc2c3c(=O)c4c(C)c(C)sc4c=3c(=O)c2c1C.[C-]#[N+]/C(C#N)=C1\SC(C2=C3C(=O)N(C)C(C4C=C(C)/C(=C(/C#N)[N+]#[C-])S4)=C3C(=O)N2C)C=C1C. The number of aryl methyl sites for hydroxylation is 13. The molecule has 0 N–H and O–H groups in total. The van der Waals surface area contributed by atoms with Crippen LogP contribution in [0.4, 0.5) is 28.4 Å². The van der Waals surface area contributed by atoms with Gasteiger partial charge in [-0.15, -0.1) is 91.5 Å². The average molecular weight is 2050 g/mol. The van der Waals surface area contributed by atoms with Gasteiger partial charge in [0.05, 0.1) is 156 Å². The molecule has 17 heterocycles. The smallest absolute Gasteiger partial charge is 0.275 e. The standard InChI is InChI=1S/C24H16N6O2S2.C24H22N2O2.2C16H14N2O2S2.C16H15NO.C16H12O2S2/c1-11-7-15(33-21(11)13(9-25)27-3)19-17-18(24(32)29(19)5)20(30(6)23(17)31)16-8-12(2)22(34-16)14(10-26)28-4;1-13-5-7-19-15(9-13)23(27)17-11-22-18(12-21(17)25(19)3)24(28)16-10-14(2)6-8-20(16)26(22)4;1-7-5-9-15(21-7)13(19)11(17(9)3)12-14(20)16-10(18(12)4)6-8(2)22-16;1-7-5-9-13(21-7)11(15(19)17(9)3)12-14-10(6-8(2)22-14)18(4)16(12)20;1-10-5-7-14-13(8-10)16(18)12-6-4-11(2)9-15(12)17(14)3;1-5-7(3)19-15-9(5)13(17)11-12(15)14(18)10-6(2)8(4)20-16(10)11/h7-8,15-16H,1-2,5-6H3;5-12,15,19H,1-4H3;2*5-6H,1-4H3;4-9H,1-3H3;1-4H3/b21-13-,22-14+;;2*12-11+;;. The van der Waals surface area contributed by atoms with Crippen LogP contribution in [0.1, 0.15) is 117 Å². The second-order valence-electron chi connectivity index (χ2n) is 37.4. The van der Waals surface area contributed by atoms with Crippen molar-refractivity contribution in [3.05, 3.63) is 350 Å². The van der Waals surface area contributed by atoms with Crippen LogP contribution in [0.2, 0.25) is 0 Å². The maximum Gasteiger partial charge on any atom is 0.275 e. The zero-order valence-electron chi connectivity index (χ0n) is 82.9. The molecule has 4 atom stereocenters. The van der Waals surface area contributed by atoms with Crippen LogP contribution in [0.3, 0.4) is 0 Å². The van der Waals surface area contributed by atoms with Crippen LogP contribution in [-0.4, -0.2) is 126 Å². The molecule has 0 bridgehead atoms. The first-order chi connectivity index (χ1) is 68.4. The molecule has 720 valence electrons. The van der Waals surface area contributed by atoms with Crippen molar-refractivity contribution in [1.29, 1.82) is 10.5 Å². The van der Waals surface area contributed by atoms with Gasteiger partial charge in [-0.2, -0.15) is 0 Å². The Morgan fingerprint density at radius 3 is 1.17 bits per heavy atom. The maximum absolute atomic E-state index is 13.4. The minimum absolute atomic E-state index is 0.00676. The third-order valence-corrected chi connectivity index (χ3v) is 37.7. The highest BCUT2D eigenvalue weighted by Crippen LogP contribution is 2.56. The molecular weight excluding hydrogens is 1960 g/mol. The third kappa shape index (κ3) is 15.3. The number of allylic oxidation sites excluding steroid dienone is 8. The fraction of sp³-hybridized carbons (Fsp3) is 0.241. The molecule has 0 fully saturated rings. The van der Waals surface area contributed by atoms with Gasteiger partial charge in [0, 0.05) is 146 Å². The van der Waals surface area contributed by atoms with Crippen LogP contribution in [0.25, 0.3) is 84.6 Å². The number of ketones is 3. The van der Waals surface area contributed by atoms with Crippen molar-refractivity contribution in [2.24, 2.45) is 20.0 Å². The lowest BCUT2D eigenvalue weighted by Gasteiger charge is -2.39. The number of benzene rings is 4. The Kier molecular flexibility index (Phi) is 24.8.